The SMILES string of the molecule is O=C(CSc1nnnn1-c1ccccc1F)Nc1ccccc1[N+](=O)[O-]. The number of rotatable bonds is 6. The highest BCUT2D eigenvalue weighted by Crippen LogP contribution is 2.24. The highest BCUT2D eigenvalue weighted by atomic mass is 32.2. The standard InChI is InChI=1S/C15H11FN6O3S/c16-10-5-1-3-7-12(10)21-15(18-19-20-21)26-9-14(23)17-11-6-2-4-8-13(11)22(24)25/h1-8H,9H2,(H,17,23). The van der Waals surface area contributed by atoms with E-state index in [-0.39, 0.29) is 28.0 Å². The van der Waals surface area contributed by atoms with Crippen LogP contribution in [0, 0.1) is 15.9 Å². The molecule has 9 nitrogen and oxygen atoms in total. The first-order valence-corrected chi connectivity index (χ1v) is 8.24. The number of para-hydroxylation sites is 3. The van der Waals surface area contributed by atoms with Crippen LogP contribution in [0.15, 0.2) is 53.7 Å². The van der Waals surface area contributed by atoms with E-state index in [9.17, 15) is 19.3 Å². The van der Waals surface area contributed by atoms with Crippen LogP contribution in [0.2, 0.25) is 0 Å². The Hall–Kier alpha value is -3.34. The van der Waals surface area contributed by atoms with Crippen molar-refractivity contribution in [2.45, 2.75) is 5.16 Å². The molecule has 1 heterocycles. The molecule has 0 saturated carbocycles. The van der Waals surface area contributed by atoms with Crippen LogP contribution < -0.4 is 5.32 Å². The fraction of sp³-hybridized carbons (Fsp3) is 0.0667. The van der Waals surface area contributed by atoms with E-state index >= 15 is 0 Å². The van der Waals surface area contributed by atoms with Gasteiger partial charge in [0.05, 0.1) is 10.7 Å². The third-order valence-corrected chi connectivity index (χ3v) is 4.15. The predicted molar refractivity (Wildman–Crippen MR) is 91.6 cm³/mol. The van der Waals surface area contributed by atoms with Gasteiger partial charge >= 0.3 is 0 Å². The van der Waals surface area contributed by atoms with Gasteiger partial charge in [0.15, 0.2) is 0 Å². The Morgan fingerprint density at radius 2 is 1.96 bits per heavy atom. The van der Waals surface area contributed by atoms with Gasteiger partial charge in [-0.2, -0.15) is 4.68 Å². The first kappa shape index (κ1) is 17.5. The van der Waals surface area contributed by atoms with Gasteiger partial charge in [0.25, 0.3) is 5.69 Å². The Morgan fingerprint density at radius 1 is 1.23 bits per heavy atom. The molecule has 26 heavy (non-hydrogen) atoms. The minimum absolute atomic E-state index is 0.0943. The number of tetrazole rings is 1. The first-order chi connectivity index (χ1) is 12.6. The number of halogens is 1. The molecule has 0 atom stereocenters. The van der Waals surface area contributed by atoms with Gasteiger partial charge in [-0.1, -0.05) is 36.0 Å². The molecule has 1 N–H and O–H groups in total. The lowest BCUT2D eigenvalue weighted by Crippen LogP contribution is -2.15. The number of thioether (sulfide) groups is 1. The molecule has 0 aliphatic carbocycles. The number of benzene rings is 2. The van der Waals surface area contributed by atoms with Crippen molar-refractivity contribution >= 4 is 29.0 Å². The lowest BCUT2D eigenvalue weighted by atomic mass is 10.2. The molecular formula is C15H11FN6O3S. The van der Waals surface area contributed by atoms with Crippen molar-refractivity contribution in [3.63, 3.8) is 0 Å². The zero-order valence-electron chi connectivity index (χ0n) is 13.1. The molecule has 1 aromatic heterocycles. The summed E-state index contributed by atoms with van der Waals surface area (Å²) >= 11 is 0.977. The zero-order chi connectivity index (χ0) is 18.5. The van der Waals surface area contributed by atoms with Crippen LogP contribution in [0.3, 0.4) is 0 Å². The molecule has 0 spiro atoms. The number of hydrogen-bond donors (Lipinski definition) is 1. The lowest BCUT2D eigenvalue weighted by molar-refractivity contribution is -0.383. The molecule has 0 radical (unpaired) electrons. The zero-order valence-corrected chi connectivity index (χ0v) is 13.9. The van der Waals surface area contributed by atoms with Crippen molar-refractivity contribution in [3.05, 3.63) is 64.5 Å². The summed E-state index contributed by atoms with van der Waals surface area (Å²) in [4.78, 5) is 22.5. The summed E-state index contributed by atoms with van der Waals surface area (Å²) in [6.07, 6.45) is 0. The fourth-order valence-electron chi connectivity index (χ4n) is 2.10. The Kier molecular flexibility index (Phi) is 5.17. The van der Waals surface area contributed by atoms with E-state index in [0.29, 0.717) is 0 Å². The van der Waals surface area contributed by atoms with Crippen molar-refractivity contribution in [1.82, 2.24) is 20.2 Å². The highest BCUT2D eigenvalue weighted by molar-refractivity contribution is 7.99. The van der Waals surface area contributed by atoms with Gasteiger partial charge in [0.1, 0.15) is 17.2 Å². The summed E-state index contributed by atoms with van der Waals surface area (Å²) in [5.41, 5.74) is 0.0398. The summed E-state index contributed by atoms with van der Waals surface area (Å²) < 4.78 is 15.0. The second-order valence-electron chi connectivity index (χ2n) is 4.94. The lowest BCUT2D eigenvalue weighted by Gasteiger charge is -2.06. The number of nitrogens with one attached hydrogen (secondary N) is 1. The van der Waals surface area contributed by atoms with Gasteiger partial charge < -0.3 is 5.32 Å². The third-order valence-electron chi connectivity index (χ3n) is 3.23. The van der Waals surface area contributed by atoms with Crippen molar-refractivity contribution in [1.29, 1.82) is 0 Å². The van der Waals surface area contributed by atoms with E-state index in [4.69, 9.17) is 0 Å². The van der Waals surface area contributed by atoms with E-state index in [2.05, 4.69) is 20.8 Å². The topological polar surface area (TPSA) is 116 Å². The molecule has 0 fully saturated rings. The quantitative estimate of drug-likeness (QED) is 0.400. The number of nitro benzene ring substituents is 1. The number of nitro groups is 1. The number of hydrogen-bond acceptors (Lipinski definition) is 7. The van der Waals surface area contributed by atoms with Crippen LogP contribution in [-0.4, -0.2) is 36.8 Å². The Balaban J connectivity index is 1.69. The Labute approximate surface area is 150 Å². The average Bonchev–Trinajstić information content (AvgIpc) is 3.09. The van der Waals surface area contributed by atoms with Gasteiger partial charge in [-0.25, -0.2) is 4.39 Å². The molecular weight excluding hydrogens is 363 g/mol. The van der Waals surface area contributed by atoms with Crippen LogP contribution in [-0.2, 0) is 4.79 Å². The van der Waals surface area contributed by atoms with Crippen LogP contribution >= 0.6 is 11.8 Å². The summed E-state index contributed by atoms with van der Waals surface area (Å²) in [6, 6.07) is 11.8. The van der Waals surface area contributed by atoms with Crippen molar-refractivity contribution < 1.29 is 14.1 Å². The van der Waals surface area contributed by atoms with E-state index < -0.39 is 16.6 Å². The Morgan fingerprint density at radius 3 is 2.73 bits per heavy atom. The van der Waals surface area contributed by atoms with Crippen molar-refractivity contribution in [2.75, 3.05) is 11.1 Å². The molecule has 1 amide bonds. The van der Waals surface area contributed by atoms with E-state index in [1.54, 1.807) is 12.1 Å². The van der Waals surface area contributed by atoms with Crippen molar-refractivity contribution in [3.8, 4) is 5.69 Å². The smallest absolute Gasteiger partial charge is 0.292 e. The largest absolute Gasteiger partial charge is 0.320 e. The van der Waals surface area contributed by atoms with Crippen LogP contribution in [0.5, 0.6) is 0 Å². The fourth-order valence-corrected chi connectivity index (χ4v) is 2.78. The van der Waals surface area contributed by atoms with E-state index in [1.807, 2.05) is 0 Å². The van der Waals surface area contributed by atoms with E-state index in [1.165, 1.54) is 41.1 Å². The number of amides is 1. The second kappa shape index (κ2) is 7.70. The molecule has 0 aliphatic rings. The Bertz CT molecular complexity index is 964. The van der Waals surface area contributed by atoms with Gasteiger partial charge in [0, 0.05) is 6.07 Å². The average molecular weight is 374 g/mol. The molecule has 0 bridgehead atoms. The van der Waals surface area contributed by atoms with Crippen LogP contribution in [0.4, 0.5) is 15.8 Å². The van der Waals surface area contributed by atoms with Gasteiger partial charge in [-0.05, 0) is 28.6 Å². The molecule has 3 aromatic rings. The first-order valence-electron chi connectivity index (χ1n) is 7.25. The number of aromatic nitrogens is 4. The summed E-state index contributed by atoms with van der Waals surface area (Å²) in [5, 5.41) is 24.6. The maximum absolute atomic E-state index is 13.9. The molecule has 0 aliphatic heterocycles. The van der Waals surface area contributed by atoms with Crippen LogP contribution in [0.25, 0.3) is 5.69 Å². The number of carbonyl (C=O) groups excluding carboxylic acids is 1. The predicted octanol–water partition coefficient (Wildman–Crippen LogP) is 2.44. The van der Waals surface area contributed by atoms with Gasteiger partial charge in [0.2, 0.25) is 11.1 Å². The third kappa shape index (κ3) is 3.83. The number of nitrogens with zero attached hydrogens (tertiary/aromatic N) is 5. The molecule has 132 valence electrons. The molecule has 2 aromatic carbocycles. The molecule has 11 heteroatoms. The summed E-state index contributed by atoms with van der Waals surface area (Å²) in [6.45, 7) is 0. The summed E-state index contributed by atoms with van der Waals surface area (Å²) in [5.74, 6) is -1.10. The monoisotopic (exact) mass is 374 g/mol. The van der Waals surface area contributed by atoms with E-state index in [0.717, 1.165) is 11.8 Å². The van der Waals surface area contributed by atoms with Crippen LogP contribution in [0.1, 0.15) is 0 Å². The molecule has 3 rings (SSSR count). The number of carbonyl (C=O) groups is 1. The maximum atomic E-state index is 13.9. The highest BCUT2D eigenvalue weighted by Gasteiger charge is 2.17. The summed E-state index contributed by atoms with van der Waals surface area (Å²) in [7, 11) is 0. The van der Waals surface area contributed by atoms with Crippen molar-refractivity contribution in [2.24, 2.45) is 0 Å². The number of anilines is 1. The maximum Gasteiger partial charge on any atom is 0.292 e. The van der Waals surface area contributed by atoms with Gasteiger partial charge in [-0.3, -0.25) is 14.9 Å². The minimum Gasteiger partial charge on any atom is -0.320 e. The normalized spacial score (nSPS) is 10.5. The second-order valence-corrected chi connectivity index (χ2v) is 5.88. The molecule has 0 unspecified atom stereocenters. The molecule has 0 saturated heterocycles. The minimum atomic E-state index is -0.582. The van der Waals surface area contributed by atoms with Gasteiger partial charge in [-0.15, -0.1) is 5.10 Å².